The molecule has 0 saturated carbocycles. The first-order valence-electron chi connectivity index (χ1n) is 3.16. The molecule has 3 nitrogen and oxygen atoms in total. The van der Waals surface area contributed by atoms with Crippen molar-refractivity contribution in [3.63, 3.8) is 0 Å². The molecule has 1 aromatic rings. The van der Waals surface area contributed by atoms with Gasteiger partial charge in [0.2, 0.25) is 0 Å². The molecular weight excluding hydrogens is 142 g/mol. The summed E-state index contributed by atoms with van der Waals surface area (Å²) in [4.78, 5) is 10.9. The van der Waals surface area contributed by atoms with E-state index in [0.29, 0.717) is 5.56 Å². The van der Waals surface area contributed by atoms with E-state index in [1.54, 1.807) is 0 Å². The number of hydrogen-bond donors (Lipinski definition) is 2. The maximum absolute atomic E-state index is 10.9. The Morgan fingerprint density at radius 3 is 2.91 bits per heavy atom. The number of carbonyl (C=O) groups excluding carboxylic acids is 1. The van der Waals surface area contributed by atoms with E-state index >= 15 is 0 Å². The molecule has 0 aliphatic heterocycles. The highest BCUT2D eigenvalue weighted by Crippen LogP contribution is 2.09. The highest BCUT2D eigenvalue weighted by Gasteiger charge is 2.01. The SMILES string of the molecule is CNC(=O)c1c[c]cc(O)c1. The van der Waals surface area contributed by atoms with Gasteiger partial charge in [-0.3, -0.25) is 4.79 Å². The first-order valence-corrected chi connectivity index (χ1v) is 3.16. The Morgan fingerprint density at radius 1 is 1.64 bits per heavy atom. The minimum absolute atomic E-state index is 0.0473. The van der Waals surface area contributed by atoms with Gasteiger partial charge in [-0.1, -0.05) is 0 Å². The zero-order valence-corrected chi connectivity index (χ0v) is 6.09. The van der Waals surface area contributed by atoms with Crippen LogP contribution in [0.1, 0.15) is 10.4 Å². The lowest BCUT2D eigenvalue weighted by Gasteiger charge is -1.98. The normalized spacial score (nSPS) is 9.18. The van der Waals surface area contributed by atoms with Gasteiger partial charge >= 0.3 is 0 Å². The maximum atomic E-state index is 10.9. The summed E-state index contributed by atoms with van der Waals surface area (Å²) in [6, 6.07) is 6.93. The quantitative estimate of drug-likeness (QED) is 0.614. The van der Waals surface area contributed by atoms with Crippen LogP contribution in [0.2, 0.25) is 0 Å². The molecule has 0 unspecified atom stereocenters. The van der Waals surface area contributed by atoms with Crippen molar-refractivity contribution < 1.29 is 9.90 Å². The van der Waals surface area contributed by atoms with E-state index in [0.717, 1.165) is 0 Å². The summed E-state index contributed by atoms with van der Waals surface area (Å²) in [6.07, 6.45) is 0. The minimum Gasteiger partial charge on any atom is -0.508 e. The fourth-order valence-electron chi connectivity index (χ4n) is 0.735. The molecule has 0 fully saturated rings. The van der Waals surface area contributed by atoms with Crippen molar-refractivity contribution in [2.24, 2.45) is 0 Å². The zero-order chi connectivity index (χ0) is 8.27. The highest BCUT2D eigenvalue weighted by molar-refractivity contribution is 5.94. The molecule has 11 heavy (non-hydrogen) atoms. The molecule has 1 radical (unpaired) electrons. The summed E-state index contributed by atoms with van der Waals surface area (Å²) in [6.45, 7) is 0. The van der Waals surface area contributed by atoms with Gasteiger partial charge in [-0.25, -0.2) is 0 Å². The van der Waals surface area contributed by atoms with Crippen LogP contribution in [0.25, 0.3) is 0 Å². The number of nitrogens with one attached hydrogen (secondary N) is 1. The monoisotopic (exact) mass is 150 g/mol. The van der Waals surface area contributed by atoms with Gasteiger partial charge in [0.25, 0.3) is 5.91 Å². The summed E-state index contributed by atoms with van der Waals surface area (Å²) >= 11 is 0. The third-order valence-electron chi connectivity index (χ3n) is 1.26. The van der Waals surface area contributed by atoms with Gasteiger partial charge in [-0.15, -0.1) is 0 Å². The Labute approximate surface area is 64.7 Å². The molecule has 0 aliphatic carbocycles. The first-order chi connectivity index (χ1) is 5.24. The summed E-state index contributed by atoms with van der Waals surface area (Å²) in [7, 11) is 1.53. The molecule has 57 valence electrons. The van der Waals surface area contributed by atoms with Gasteiger partial charge in [-0.2, -0.15) is 0 Å². The molecule has 2 N–H and O–H groups in total. The van der Waals surface area contributed by atoms with Crippen molar-refractivity contribution in [2.75, 3.05) is 7.05 Å². The Morgan fingerprint density at radius 2 is 2.36 bits per heavy atom. The molecular formula is C8H8NO2. The lowest BCUT2D eigenvalue weighted by Crippen LogP contribution is -2.17. The number of aromatic hydroxyl groups is 1. The van der Waals surface area contributed by atoms with E-state index in [-0.39, 0.29) is 11.7 Å². The summed E-state index contributed by atoms with van der Waals surface area (Å²) < 4.78 is 0. The number of hydrogen-bond acceptors (Lipinski definition) is 2. The predicted octanol–water partition coefficient (Wildman–Crippen LogP) is 0.552. The Hall–Kier alpha value is -1.51. The van der Waals surface area contributed by atoms with E-state index in [9.17, 15) is 4.79 Å². The molecule has 1 aromatic carbocycles. The molecule has 0 aliphatic rings. The molecule has 1 amide bonds. The summed E-state index contributed by atoms with van der Waals surface area (Å²) in [5.74, 6) is -0.178. The van der Waals surface area contributed by atoms with Crippen molar-refractivity contribution >= 4 is 5.91 Å². The van der Waals surface area contributed by atoms with Crippen LogP contribution in [0.4, 0.5) is 0 Å². The number of phenolic OH excluding ortho intramolecular Hbond substituents is 1. The first kappa shape index (κ1) is 7.60. The molecule has 0 heterocycles. The molecule has 1 rings (SSSR count). The van der Waals surface area contributed by atoms with Crippen LogP contribution in [-0.4, -0.2) is 18.1 Å². The van der Waals surface area contributed by atoms with Gasteiger partial charge < -0.3 is 10.4 Å². The van der Waals surface area contributed by atoms with Gasteiger partial charge in [0, 0.05) is 12.6 Å². The largest absolute Gasteiger partial charge is 0.508 e. The second-order valence-electron chi connectivity index (χ2n) is 2.06. The van der Waals surface area contributed by atoms with Crippen LogP contribution in [-0.2, 0) is 0 Å². The van der Waals surface area contributed by atoms with Crippen molar-refractivity contribution in [1.29, 1.82) is 0 Å². The average molecular weight is 150 g/mol. The van der Waals surface area contributed by atoms with Crippen molar-refractivity contribution in [2.45, 2.75) is 0 Å². The topological polar surface area (TPSA) is 49.3 Å². The van der Waals surface area contributed by atoms with Crippen LogP contribution in [0.15, 0.2) is 18.2 Å². The number of amides is 1. The maximum Gasteiger partial charge on any atom is 0.251 e. The van der Waals surface area contributed by atoms with E-state index in [1.165, 1.54) is 25.2 Å². The van der Waals surface area contributed by atoms with Gasteiger partial charge in [0.05, 0.1) is 0 Å². The van der Waals surface area contributed by atoms with Crippen LogP contribution >= 0.6 is 0 Å². The Kier molecular flexibility index (Phi) is 2.11. The van der Waals surface area contributed by atoms with Crippen molar-refractivity contribution in [3.8, 4) is 5.75 Å². The van der Waals surface area contributed by atoms with Gasteiger partial charge in [0.1, 0.15) is 5.75 Å². The predicted molar refractivity (Wildman–Crippen MR) is 40.3 cm³/mol. The third kappa shape index (κ3) is 1.70. The third-order valence-corrected chi connectivity index (χ3v) is 1.26. The highest BCUT2D eigenvalue weighted by atomic mass is 16.3. The van der Waals surface area contributed by atoms with Crippen LogP contribution < -0.4 is 5.32 Å². The standard InChI is InChI=1S/C8H8NO2/c1-9-8(11)6-3-2-4-7(10)5-6/h3-5,10H,1H3,(H,9,11). The summed E-state index contributed by atoms with van der Waals surface area (Å²) in [5, 5.41) is 11.4. The van der Waals surface area contributed by atoms with E-state index in [2.05, 4.69) is 11.4 Å². The lowest BCUT2D eigenvalue weighted by atomic mass is 10.2. The summed E-state index contributed by atoms with van der Waals surface area (Å²) in [5.41, 5.74) is 0.410. The molecule has 0 bridgehead atoms. The van der Waals surface area contributed by atoms with Gasteiger partial charge in [-0.05, 0) is 24.3 Å². The lowest BCUT2D eigenvalue weighted by molar-refractivity contribution is 0.0962. The fourth-order valence-corrected chi connectivity index (χ4v) is 0.735. The second kappa shape index (κ2) is 3.05. The molecule has 0 atom stereocenters. The van der Waals surface area contributed by atoms with E-state index in [4.69, 9.17) is 5.11 Å². The van der Waals surface area contributed by atoms with Crippen LogP contribution in [0.5, 0.6) is 5.75 Å². The van der Waals surface area contributed by atoms with Crippen molar-refractivity contribution in [3.05, 3.63) is 29.8 Å². The number of benzene rings is 1. The number of carbonyl (C=O) groups is 1. The average Bonchev–Trinajstić information content (AvgIpc) is 2.03. The van der Waals surface area contributed by atoms with Crippen molar-refractivity contribution in [1.82, 2.24) is 5.32 Å². The fraction of sp³-hybridized carbons (Fsp3) is 0.125. The van der Waals surface area contributed by atoms with E-state index in [1.807, 2.05) is 0 Å². The Balaban J connectivity index is 2.96. The molecule has 0 spiro atoms. The van der Waals surface area contributed by atoms with Gasteiger partial charge in [0.15, 0.2) is 0 Å². The van der Waals surface area contributed by atoms with E-state index < -0.39 is 0 Å². The zero-order valence-electron chi connectivity index (χ0n) is 6.09. The second-order valence-corrected chi connectivity index (χ2v) is 2.06. The molecule has 0 aromatic heterocycles. The Bertz CT molecular complexity index is 271. The van der Waals surface area contributed by atoms with Crippen LogP contribution in [0, 0.1) is 6.07 Å². The molecule has 3 heteroatoms. The smallest absolute Gasteiger partial charge is 0.251 e. The number of phenols is 1. The number of rotatable bonds is 1. The van der Waals surface area contributed by atoms with Crippen LogP contribution in [0.3, 0.4) is 0 Å². The molecule has 0 saturated heterocycles. The minimum atomic E-state index is -0.225.